The molecule has 138 valence electrons. The monoisotopic (exact) mass is 361 g/mol. The van der Waals surface area contributed by atoms with E-state index in [1.54, 1.807) is 12.1 Å². The van der Waals surface area contributed by atoms with Crippen molar-refractivity contribution >= 4 is 5.97 Å². The summed E-state index contributed by atoms with van der Waals surface area (Å²) in [5, 5.41) is 9.04. The van der Waals surface area contributed by atoms with Crippen LogP contribution in [-0.2, 0) is 24.4 Å². The second-order valence-electron chi connectivity index (χ2n) is 6.58. The SMILES string of the molecule is Cc1cc(CN)cc(-c2cccc(COc3ccccc3CC(=O)O)c2)c1. The molecule has 0 fully saturated rings. The number of aryl methyl sites for hydroxylation is 1. The Morgan fingerprint density at radius 2 is 1.74 bits per heavy atom. The smallest absolute Gasteiger partial charge is 0.307 e. The summed E-state index contributed by atoms with van der Waals surface area (Å²) in [6.07, 6.45) is -0.0542. The van der Waals surface area contributed by atoms with E-state index >= 15 is 0 Å². The first kappa shape index (κ1) is 18.7. The number of rotatable bonds is 7. The summed E-state index contributed by atoms with van der Waals surface area (Å²) in [6, 6.07) is 21.7. The fourth-order valence-electron chi connectivity index (χ4n) is 3.10. The number of ether oxygens (including phenoxy) is 1. The maximum absolute atomic E-state index is 11.0. The molecule has 3 aromatic rings. The van der Waals surface area contributed by atoms with Crippen LogP contribution in [0, 0.1) is 6.92 Å². The summed E-state index contributed by atoms with van der Waals surface area (Å²) in [4.78, 5) is 11.0. The summed E-state index contributed by atoms with van der Waals surface area (Å²) < 4.78 is 5.90. The zero-order valence-electron chi connectivity index (χ0n) is 15.3. The lowest BCUT2D eigenvalue weighted by Crippen LogP contribution is -2.04. The summed E-state index contributed by atoms with van der Waals surface area (Å²) >= 11 is 0. The molecule has 3 aromatic carbocycles. The van der Waals surface area contributed by atoms with Gasteiger partial charge in [-0.15, -0.1) is 0 Å². The summed E-state index contributed by atoms with van der Waals surface area (Å²) in [5.74, 6) is -0.269. The van der Waals surface area contributed by atoms with Crippen LogP contribution in [0.15, 0.2) is 66.7 Å². The average Bonchev–Trinajstić information content (AvgIpc) is 2.66. The molecule has 0 saturated carbocycles. The standard InChI is InChI=1S/C23H23NO3/c1-16-9-18(14-24)12-21(10-16)19-7-4-5-17(11-19)15-27-22-8-3-2-6-20(22)13-23(25)26/h2-12H,13-15,24H2,1H3,(H,25,26). The topological polar surface area (TPSA) is 72.5 Å². The van der Waals surface area contributed by atoms with Crippen molar-refractivity contribution in [3.05, 3.63) is 89.0 Å². The van der Waals surface area contributed by atoms with Gasteiger partial charge in [-0.05, 0) is 47.4 Å². The first-order chi connectivity index (χ1) is 13.0. The second-order valence-corrected chi connectivity index (χ2v) is 6.58. The van der Waals surface area contributed by atoms with Crippen molar-refractivity contribution < 1.29 is 14.6 Å². The Kier molecular flexibility index (Phi) is 5.89. The summed E-state index contributed by atoms with van der Waals surface area (Å²) in [5.41, 5.74) is 12.0. The third kappa shape index (κ3) is 4.96. The maximum Gasteiger partial charge on any atom is 0.307 e. The molecule has 0 spiro atoms. The summed E-state index contributed by atoms with van der Waals surface area (Å²) in [7, 11) is 0. The molecule has 3 N–H and O–H groups in total. The number of para-hydroxylation sites is 1. The van der Waals surface area contributed by atoms with Crippen LogP contribution in [0.3, 0.4) is 0 Å². The number of nitrogens with two attached hydrogens (primary N) is 1. The Hall–Kier alpha value is -3.11. The third-order valence-electron chi connectivity index (χ3n) is 4.34. The molecule has 0 aromatic heterocycles. The highest BCUT2D eigenvalue weighted by atomic mass is 16.5. The Bertz CT molecular complexity index is 950. The van der Waals surface area contributed by atoms with Crippen molar-refractivity contribution in [3.8, 4) is 16.9 Å². The van der Waals surface area contributed by atoms with Crippen molar-refractivity contribution in [1.29, 1.82) is 0 Å². The molecule has 0 saturated heterocycles. The zero-order valence-corrected chi connectivity index (χ0v) is 15.3. The van der Waals surface area contributed by atoms with Gasteiger partial charge < -0.3 is 15.6 Å². The van der Waals surface area contributed by atoms with Crippen molar-refractivity contribution in [2.24, 2.45) is 5.73 Å². The quantitative estimate of drug-likeness (QED) is 0.657. The minimum Gasteiger partial charge on any atom is -0.489 e. The Balaban J connectivity index is 1.79. The number of aliphatic carboxylic acids is 1. The van der Waals surface area contributed by atoms with Gasteiger partial charge in [0.1, 0.15) is 12.4 Å². The molecule has 0 unspecified atom stereocenters. The van der Waals surface area contributed by atoms with Crippen LogP contribution in [0.2, 0.25) is 0 Å². The van der Waals surface area contributed by atoms with Crippen LogP contribution in [0.25, 0.3) is 11.1 Å². The van der Waals surface area contributed by atoms with Crippen LogP contribution in [0.4, 0.5) is 0 Å². The highest BCUT2D eigenvalue weighted by molar-refractivity contribution is 5.71. The predicted molar refractivity (Wildman–Crippen MR) is 107 cm³/mol. The van der Waals surface area contributed by atoms with E-state index in [2.05, 4.69) is 37.3 Å². The molecular weight excluding hydrogens is 338 g/mol. The van der Waals surface area contributed by atoms with Gasteiger partial charge in [0.05, 0.1) is 6.42 Å². The van der Waals surface area contributed by atoms with Gasteiger partial charge >= 0.3 is 5.97 Å². The van der Waals surface area contributed by atoms with Gasteiger partial charge in [-0.3, -0.25) is 4.79 Å². The average molecular weight is 361 g/mol. The van der Waals surface area contributed by atoms with Gasteiger partial charge in [0.15, 0.2) is 0 Å². The molecule has 4 nitrogen and oxygen atoms in total. The fourth-order valence-corrected chi connectivity index (χ4v) is 3.10. The first-order valence-electron chi connectivity index (χ1n) is 8.87. The third-order valence-corrected chi connectivity index (χ3v) is 4.34. The fraction of sp³-hybridized carbons (Fsp3) is 0.174. The lowest BCUT2D eigenvalue weighted by molar-refractivity contribution is -0.136. The van der Waals surface area contributed by atoms with E-state index in [0.717, 1.165) is 22.3 Å². The molecule has 4 heteroatoms. The van der Waals surface area contributed by atoms with E-state index in [4.69, 9.17) is 15.6 Å². The van der Waals surface area contributed by atoms with Crippen LogP contribution >= 0.6 is 0 Å². The molecule has 0 aliphatic heterocycles. The van der Waals surface area contributed by atoms with E-state index < -0.39 is 5.97 Å². The highest BCUT2D eigenvalue weighted by Crippen LogP contribution is 2.25. The van der Waals surface area contributed by atoms with Crippen LogP contribution in [0.1, 0.15) is 22.3 Å². The second kappa shape index (κ2) is 8.52. The largest absolute Gasteiger partial charge is 0.489 e. The zero-order chi connectivity index (χ0) is 19.2. The van der Waals surface area contributed by atoms with Gasteiger partial charge in [0.25, 0.3) is 0 Å². The van der Waals surface area contributed by atoms with Crippen molar-refractivity contribution in [2.45, 2.75) is 26.5 Å². The molecule has 0 heterocycles. The van der Waals surface area contributed by atoms with Gasteiger partial charge in [-0.25, -0.2) is 0 Å². The molecule has 3 rings (SSSR count). The van der Waals surface area contributed by atoms with E-state index in [9.17, 15) is 4.79 Å². The van der Waals surface area contributed by atoms with Crippen molar-refractivity contribution in [1.82, 2.24) is 0 Å². The molecule has 0 atom stereocenters. The van der Waals surface area contributed by atoms with Crippen LogP contribution in [0.5, 0.6) is 5.75 Å². The Morgan fingerprint density at radius 1 is 0.963 bits per heavy atom. The molecule has 0 aliphatic rings. The highest BCUT2D eigenvalue weighted by Gasteiger charge is 2.08. The van der Waals surface area contributed by atoms with Crippen molar-refractivity contribution in [2.75, 3.05) is 0 Å². The Labute approximate surface area is 159 Å². The molecule has 0 amide bonds. The lowest BCUT2D eigenvalue weighted by atomic mass is 9.99. The lowest BCUT2D eigenvalue weighted by Gasteiger charge is -2.12. The van der Waals surface area contributed by atoms with Crippen molar-refractivity contribution in [3.63, 3.8) is 0 Å². The van der Waals surface area contributed by atoms with E-state index in [1.165, 1.54) is 5.56 Å². The summed E-state index contributed by atoms with van der Waals surface area (Å²) in [6.45, 7) is 2.95. The maximum atomic E-state index is 11.0. The minimum absolute atomic E-state index is 0.0542. The number of hydrogen-bond acceptors (Lipinski definition) is 3. The number of carbonyl (C=O) groups is 1. The molecule has 0 radical (unpaired) electrons. The first-order valence-corrected chi connectivity index (χ1v) is 8.87. The van der Waals surface area contributed by atoms with Crippen LogP contribution in [-0.4, -0.2) is 11.1 Å². The van der Waals surface area contributed by atoms with Gasteiger partial charge in [0, 0.05) is 12.1 Å². The molecule has 0 bridgehead atoms. The molecule has 0 aliphatic carbocycles. The number of carboxylic acid groups (broad SMARTS) is 1. The van der Waals surface area contributed by atoms with E-state index in [-0.39, 0.29) is 6.42 Å². The van der Waals surface area contributed by atoms with Gasteiger partial charge in [-0.1, -0.05) is 54.1 Å². The van der Waals surface area contributed by atoms with Gasteiger partial charge in [-0.2, -0.15) is 0 Å². The van der Waals surface area contributed by atoms with Crippen LogP contribution < -0.4 is 10.5 Å². The Morgan fingerprint density at radius 3 is 2.52 bits per heavy atom. The number of hydrogen-bond donors (Lipinski definition) is 2. The normalized spacial score (nSPS) is 10.6. The molecular formula is C23H23NO3. The van der Waals surface area contributed by atoms with Gasteiger partial charge in [0.2, 0.25) is 0 Å². The number of carboxylic acids is 1. The predicted octanol–water partition coefficient (Wildman–Crippen LogP) is 4.33. The van der Waals surface area contributed by atoms with E-state index in [1.807, 2.05) is 24.3 Å². The number of benzene rings is 3. The van der Waals surface area contributed by atoms with E-state index in [0.29, 0.717) is 24.5 Å². The molecule has 27 heavy (non-hydrogen) atoms. The minimum atomic E-state index is -0.872.